The molecular weight excluding hydrogens is 395 g/mol. The number of nitrogens with one attached hydrogen (secondary N) is 1. The molecule has 1 aliphatic heterocycles. The first-order valence-electron chi connectivity index (χ1n) is 9.30. The quantitative estimate of drug-likeness (QED) is 0.808. The summed E-state index contributed by atoms with van der Waals surface area (Å²) in [6, 6.07) is 8.96. The van der Waals surface area contributed by atoms with Crippen LogP contribution in [0, 0.1) is 12.7 Å². The standard InChI is InChI=1S/C21H23FN2O4S/c1-13-4-5-17(12-19(13)22)23-21(26)8-9-29(27,28)18-6-7-20-16(11-18)10-14(2)24(20)15(3)25/h4-7,11-12,14H,8-10H2,1-3H3,(H,23,26). The molecule has 0 fully saturated rings. The lowest BCUT2D eigenvalue weighted by Crippen LogP contribution is -2.33. The number of rotatable bonds is 5. The monoisotopic (exact) mass is 418 g/mol. The van der Waals surface area contributed by atoms with Crippen molar-refractivity contribution in [1.29, 1.82) is 0 Å². The SMILES string of the molecule is CC(=O)N1c2ccc(S(=O)(=O)CCC(=O)Nc3ccc(C)c(F)c3)cc2CC1C. The van der Waals surface area contributed by atoms with Crippen molar-refractivity contribution in [2.45, 2.75) is 44.6 Å². The number of benzene rings is 2. The molecule has 6 nitrogen and oxygen atoms in total. The average Bonchev–Trinajstić information content (AvgIpc) is 2.98. The molecule has 0 radical (unpaired) electrons. The van der Waals surface area contributed by atoms with E-state index in [-0.39, 0.29) is 34.7 Å². The smallest absolute Gasteiger partial charge is 0.225 e. The van der Waals surface area contributed by atoms with Crippen molar-refractivity contribution in [1.82, 2.24) is 0 Å². The number of halogens is 1. The number of aryl methyl sites for hydroxylation is 1. The Hall–Kier alpha value is -2.74. The lowest BCUT2D eigenvalue weighted by Gasteiger charge is -2.20. The summed E-state index contributed by atoms with van der Waals surface area (Å²) in [7, 11) is -3.68. The number of sulfone groups is 1. The van der Waals surface area contributed by atoms with Crippen LogP contribution in [0.1, 0.15) is 31.4 Å². The fourth-order valence-corrected chi connectivity index (χ4v) is 4.81. The number of carbonyl (C=O) groups is 2. The maximum Gasteiger partial charge on any atom is 0.225 e. The second-order valence-corrected chi connectivity index (χ2v) is 9.42. The first kappa shape index (κ1) is 21.0. The normalized spacial score (nSPS) is 15.9. The minimum Gasteiger partial charge on any atom is -0.326 e. The van der Waals surface area contributed by atoms with E-state index in [2.05, 4.69) is 5.32 Å². The summed E-state index contributed by atoms with van der Waals surface area (Å²) in [6.07, 6.45) is 0.336. The molecule has 2 aromatic rings. The highest BCUT2D eigenvalue weighted by Crippen LogP contribution is 2.34. The van der Waals surface area contributed by atoms with Crippen molar-refractivity contribution in [3.05, 3.63) is 53.3 Å². The van der Waals surface area contributed by atoms with Gasteiger partial charge < -0.3 is 10.2 Å². The van der Waals surface area contributed by atoms with E-state index in [1.54, 1.807) is 30.0 Å². The first-order chi connectivity index (χ1) is 13.6. The number of anilines is 2. The summed E-state index contributed by atoms with van der Waals surface area (Å²) in [4.78, 5) is 25.7. The van der Waals surface area contributed by atoms with Gasteiger partial charge in [-0.15, -0.1) is 0 Å². The Kier molecular flexibility index (Phi) is 5.75. The van der Waals surface area contributed by atoms with E-state index in [0.29, 0.717) is 12.0 Å². The number of nitrogens with zero attached hydrogens (tertiary/aromatic N) is 1. The van der Waals surface area contributed by atoms with Gasteiger partial charge in [-0.05, 0) is 61.7 Å². The summed E-state index contributed by atoms with van der Waals surface area (Å²) in [6.45, 7) is 5.00. The number of amides is 2. The third-order valence-electron chi connectivity index (χ3n) is 5.02. The first-order valence-corrected chi connectivity index (χ1v) is 10.9. The summed E-state index contributed by atoms with van der Waals surface area (Å²) >= 11 is 0. The molecule has 1 N–H and O–H groups in total. The Balaban J connectivity index is 1.68. The van der Waals surface area contributed by atoms with Crippen molar-refractivity contribution in [3.8, 4) is 0 Å². The molecule has 1 heterocycles. The summed E-state index contributed by atoms with van der Waals surface area (Å²) in [5, 5.41) is 2.51. The Bertz CT molecular complexity index is 1080. The molecule has 29 heavy (non-hydrogen) atoms. The van der Waals surface area contributed by atoms with Crippen LogP contribution in [0.25, 0.3) is 0 Å². The zero-order valence-corrected chi connectivity index (χ0v) is 17.3. The molecule has 0 aliphatic carbocycles. The van der Waals surface area contributed by atoms with Gasteiger partial charge in [0.25, 0.3) is 0 Å². The molecule has 0 aromatic heterocycles. The number of hydrogen-bond donors (Lipinski definition) is 1. The molecule has 1 atom stereocenters. The zero-order chi connectivity index (χ0) is 21.3. The van der Waals surface area contributed by atoms with Crippen molar-refractivity contribution < 1.29 is 22.4 Å². The molecule has 0 spiro atoms. The van der Waals surface area contributed by atoms with Gasteiger partial charge in [-0.1, -0.05) is 6.07 Å². The minimum atomic E-state index is -3.68. The molecule has 8 heteroatoms. The van der Waals surface area contributed by atoms with Crippen molar-refractivity contribution in [2.24, 2.45) is 0 Å². The molecule has 1 unspecified atom stereocenters. The van der Waals surface area contributed by atoms with E-state index in [4.69, 9.17) is 0 Å². The predicted octanol–water partition coefficient (Wildman–Crippen LogP) is 3.23. The van der Waals surface area contributed by atoms with Crippen LogP contribution < -0.4 is 10.2 Å². The fraction of sp³-hybridized carbons (Fsp3) is 0.333. The molecule has 2 amide bonds. The van der Waals surface area contributed by atoms with Crippen LogP contribution in [0.3, 0.4) is 0 Å². The van der Waals surface area contributed by atoms with Gasteiger partial charge in [0.2, 0.25) is 11.8 Å². The third-order valence-corrected chi connectivity index (χ3v) is 6.73. The van der Waals surface area contributed by atoms with Gasteiger partial charge in [-0.25, -0.2) is 12.8 Å². The fourth-order valence-electron chi connectivity index (χ4n) is 3.52. The number of carbonyl (C=O) groups excluding carboxylic acids is 2. The third kappa shape index (κ3) is 4.48. The second kappa shape index (κ2) is 7.94. The summed E-state index contributed by atoms with van der Waals surface area (Å²) in [5.41, 5.74) is 2.27. The zero-order valence-electron chi connectivity index (χ0n) is 16.5. The van der Waals surface area contributed by atoms with E-state index in [1.807, 2.05) is 6.92 Å². The Morgan fingerprint density at radius 1 is 1.21 bits per heavy atom. The van der Waals surface area contributed by atoms with Crippen LogP contribution in [0.15, 0.2) is 41.3 Å². The molecule has 3 rings (SSSR count). The van der Waals surface area contributed by atoms with Gasteiger partial charge in [0.1, 0.15) is 5.82 Å². The topological polar surface area (TPSA) is 83.6 Å². The van der Waals surface area contributed by atoms with Crippen LogP contribution in [-0.4, -0.2) is 32.0 Å². The van der Waals surface area contributed by atoms with Gasteiger partial charge >= 0.3 is 0 Å². The molecule has 2 aromatic carbocycles. The Labute approximate surface area is 169 Å². The van der Waals surface area contributed by atoms with Crippen LogP contribution in [0.5, 0.6) is 0 Å². The lowest BCUT2D eigenvalue weighted by molar-refractivity contribution is -0.117. The van der Waals surface area contributed by atoms with Crippen molar-refractivity contribution >= 4 is 33.0 Å². The molecule has 1 aliphatic rings. The van der Waals surface area contributed by atoms with Crippen LogP contribution in [0.4, 0.5) is 15.8 Å². The van der Waals surface area contributed by atoms with Crippen molar-refractivity contribution in [2.75, 3.05) is 16.0 Å². The van der Waals surface area contributed by atoms with E-state index in [0.717, 1.165) is 11.3 Å². The largest absolute Gasteiger partial charge is 0.326 e. The Morgan fingerprint density at radius 3 is 2.59 bits per heavy atom. The predicted molar refractivity (Wildman–Crippen MR) is 109 cm³/mol. The molecule has 0 saturated carbocycles. The summed E-state index contributed by atoms with van der Waals surface area (Å²) in [5.74, 6) is -1.40. The highest BCUT2D eigenvalue weighted by molar-refractivity contribution is 7.91. The molecule has 0 saturated heterocycles. The van der Waals surface area contributed by atoms with E-state index < -0.39 is 21.6 Å². The molecule has 154 valence electrons. The highest BCUT2D eigenvalue weighted by atomic mass is 32.2. The number of hydrogen-bond acceptors (Lipinski definition) is 4. The van der Waals surface area contributed by atoms with Crippen LogP contribution in [0.2, 0.25) is 0 Å². The van der Waals surface area contributed by atoms with Gasteiger partial charge in [0.05, 0.1) is 10.6 Å². The van der Waals surface area contributed by atoms with Crippen LogP contribution in [-0.2, 0) is 25.8 Å². The summed E-state index contributed by atoms with van der Waals surface area (Å²) < 4.78 is 38.9. The van der Waals surface area contributed by atoms with Gasteiger partial charge in [-0.2, -0.15) is 0 Å². The van der Waals surface area contributed by atoms with Crippen LogP contribution >= 0.6 is 0 Å². The lowest BCUT2D eigenvalue weighted by atomic mass is 10.1. The molecule has 0 bridgehead atoms. The minimum absolute atomic E-state index is 0.0267. The second-order valence-electron chi connectivity index (χ2n) is 7.31. The highest BCUT2D eigenvalue weighted by Gasteiger charge is 2.30. The van der Waals surface area contributed by atoms with Crippen molar-refractivity contribution in [3.63, 3.8) is 0 Å². The van der Waals surface area contributed by atoms with E-state index >= 15 is 0 Å². The van der Waals surface area contributed by atoms with Gasteiger partial charge in [-0.3, -0.25) is 9.59 Å². The number of fused-ring (bicyclic) bond motifs is 1. The maximum absolute atomic E-state index is 13.6. The van der Waals surface area contributed by atoms with E-state index in [9.17, 15) is 22.4 Å². The Morgan fingerprint density at radius 2 is 1.93 bits per heavy atom. The molecular formula is C21H23FN2O4S. The average molecular weight is 418 g/mol. The van der Waals surface area contributed by atoms with Gasteiger partial charge in [0, 0.05) is 30.8 Å². The maximum atomic E-state index is 13.6. The van der Waals surface area contributed by atoms with E-state index in [1.165, 1.54) is 25.1 Å². The van der Waals surface area contributed by atoms with Gasteiger partial charge in [0.15, 0.2) is 9.84 Å².